The number of rotatable bonds is 2. The molecule has 0 saturated carbocycles. The number of nitrogens with two attached hydrogens (primary N) is 3. The van der Waals surface area contributed by atoms with Gasteiger partial charge in [0.05, 0.1) is 21.8 Å². The van der Waals surface area contributed by atoms with Crippen LogP contribution in [-0.2, 0) is 10.0 Å². The molecule has 8 nitrogen and oxygen atoms in total. The molecule has 0 amide bonds. The summed E-state index contributed by atoms with van der Waals surface area (Å²) in [5.74, 6) is 6.52. The van der Waals surface area contributed by atoms with E-state index in [9.17, 15) is 8.42 Å². The van der Waals surface area contributed by atoms with Crippen LogP contribution in [0.15, 0.2) is 47.5 Å². The molecule has 0 spiro atoms. The van der Waals surface area contributed by atoms with Crippen molar-refractivity contribution in [2.24, 2.45) is 5.14 Å². The Labute approximate surface area is 156 Å². The van der Waals surface area contributed by atoms with Crippen LogP contribution < -0.4 is 16.6 Å². The summed E-state index contributed by atoms with van der Waals surface area (Å²) in [4.78, 5) is 12.4. The maximum absolute atomic E-state index is 11.4. The number of pyridine rings is 1. The summed E-state index contributed by atoms with van der Waals surface area (Å²) in [6, 6.07) is 9.40. The van der Waals surface area contributed by atoms with E-state index in [1.165, 1.54) is 12.1 Å². The lowest BCUT2D eigenvalue weighted by Gasteiger charge is -2.08. The van der Waals surface area contributed by atoms with Gasteiger partial charge in [-0.25, -0.2) is 28.5 Å². The van der Waals surface area contributed by atoms with Gasteiger partial charge in [0.15, 0.2) is 0 Å². The van der Waals surface area contributed by atoms with Crippen molar-refractivity contribution >= 4 is 21.8 Å². The highest BCUT2D eigenvalue weighted by Crippen LogP contribution is 2.25. The third-order valence-electron chi connectivity index (χ3n) is 3.68. The molecule has 1 aromatic carbocycles. The van der Waals surface area contributed by atoms with Gasteiger partial charge >= 0.3 is 0 Å². The van der Waals surface area contributed by atoms with Gasteiger partial charge in [-0.2, -0.15) is 0 Å². The van der Waals surface area contributed by atoms with Gasteiger partial charge in [-0.05, 0) is 31.2 Å². The molecule has 27 heavy (non-hydrogen) atoms. The van der Waals surface area contributed by atoms with Crippen molar-refractivity contribution in [1.29, 1.82) is 0 Å². The van der Waals surface area contributed by atoms with E-state index in [1.807, 2.05) is 0 Å². The molecule has 0 atom stereocenters. The molecular formula is C18H16N6O2S. The molecule has 0 radical (unpaired) electrons. The maximum Gasteiger partial charge on any atom is 0.238 e. The fraction of sp³-hybridized carbons (Fsp3) is 0.0556. The van der Waals surface area contributed by atoms with Gasteiger partial charge in [0.25, 0.3) is 0 Å². The third-order valence-corrected chi connectivity index (χ3v) is 4.61. The summed E-state index contributed by atoms with van der Waals surface area (Å²) < 4.78 is 22.9. The van der Waals surface area contributed by atoms with E-state index in [0.29, 0.717) is 33.9 Å². The van der Waals surface area contributed by atoms with E-state index >= 15 is 0 Å². The minimum atomic E-state index is -3.78. The highest BCUT2D eigenvalue weighted by molar-refractivity contribution is 7.89. The van der Waals surface area contributed by atoms with Crippen LogP contribution >= 0.6 is 0 Å². The summed E-state index contributed by atoms with van der Waals surface area (Å²) in [6.45, 7) is 1.77. The molecule has 0 fully saturated rings. The average Bonchev–Trinajstić information content (AvgIpc) is 2.61. The van der Waals surface area contributed by atoms with Crippen molar-refractivity contribution in [1.82, 2.24) is 15.0 Å². The Morgan fingerprint density at radius 1 is 0.963 bits per heavy atom. The van der Waals surface area contributed by atoms with Crippen LogP contribution in [0.25, 0.3) is 11.3 Å². The van der Waals surface area contributed by atoms with E-state index in [0.717, 1.165) is 0 Å². The molecule has 0 saturated heterocycles. The van der Waals surface area contributed by atoms with E-state index in [1.54, 1.807) is 37.4 Å². The fourth-order valence-corrected chi connectivity index (χ4v) is 2.88. The number of anilines is 2. The second-order valence-corrected chi connectivity index (χ2v) is 7.24. The zero-order valence-corrected chi connectivity index (χ0v) is 15.2. The number of aryl methyl sites for hydroxylation is 1. The Kier molecular flexibility index (Phi) is 4.77. The first-order chi connectivity index (χ1) is 12.7. The quantitative estimate of drug-likeness (QED) is 0.562. The number of hydrogen-bond acceptors (Lipinski definition) is 7. The van der Waals surface area contributed by atoms with Crippen molar-refractivity contribution in [2.45, 2.75) is 11.8 Å². The summed E-state index contributed by atoms with van der Waals surface area (Å²) in [5.41, 5.74) is 14.3. The van der Waals surface area contributed by atoms with Crippen molar-refractivity contribution < 1.29 is 8.42 Å². The van der Waals surface area contributed by atoms with Crippen molar-refractivity contribution in [3.63, 3.8) is 0 Å². The lowest BCUT2D eigenvalue weighted by molar-refractivity contribution is 0.598. The predicted molar refractivity (Wildman–Crippen MR) is 103 cm³/mol. The van der Waals surface area contributed by atoms with Crippen molar-refractivity contribution in [3.05, 3.63) is 59.4 Å². The molecule has 2 heterocycles. The molecule has 9 heteroatoms. The van der Waals surface area contributed by atoms with E-state index in [-0.39, 0.29) is 10.8 Å². The smallest absolute Gasteiger partial charge is 0.238 e. The Morgan fingerprint density at radius 2 is 1.67 bits per heavy atom. The Balaban J connectivity index is 2.10. The number of nitrogen functional groups attached to an aromatic ring is 2. The monoisotopic (exact) mass is 380 g/mol. The Morgan fingerprint density at radius 3 is 2.26 bits per heavy atom. The molecule has 0 aliphatic rings. The fourth-order valence-electron chi connectivity index (χ4n) is 2.37. The van der Waals surface area contributed by atoms with E-state index in [4.69, 9.17) is 16.6 Å². The SMILES string of the molecule is Cc1nc(N)nc(-c2ccc(S(N)(=O)=O)cc2)c1C#Cc1ccc(N)nc1. The predicted octanol–water partition coefficient (Wildman–Crippen LogP) is 1.06. The Bertz CT molecular complexity index is 1160. The van der Waals surface area contributed by atoms with Crippen LogP contribution in [0.3, 0.4) is 0 Å². The van der Waals surface area contributed by atoms with E-state index < -0.39 is 10.0 Å². The highest BCUT2D eigenvalue weighted by atomic mass is 32.2. The molecule has 2 aromatic heterocycles. The molecule has 136 valence electrons. The average molecular weight is 380 g/mol. The standard InChI is InChI=1S/C18H16N6O2S/c1-11-15(8-2-12-3-9-16(19)22-10-12)17(24-18(20)23-11)13-4-6-14(7-5-13)27(21,25)26/h3-7,9-10H,1H3,(H2,19,22)(H2,20,23,24)(H2,21,25,26). The van der Waals surface area contributed by atoms with Crippen LogP contribution in [0, 0.1) is 18.8 Å². The lowest BCUT2D eigenvalue weighted by Crippen LogP contribution is -2.11. The van der Waals surface area contributed by atoms with Gasteiger partial charge < -0.3 is 11.5 Å². The Hall–Kier alpha value is -3.48. The van der Waals surface area contributed by atoms with Gasteiger partial charge in [0.1, 0.15) is 5.82 Å². The topological polar surface area (TPSA) is 151 Å². The number of aromatic nitrogens is 3. The third kappa shape index (κ3) is 4.20. The van der Waals surface area contributed by atoms with Gasteiger partial charge in [0, 0.05) is 17.3 Å². The number of primary sulfonamides is 1. The van der Waals surface area contributed by atoms with Crippen LogP contribution in [0.4, 0.5) is 11.8 Å². The minimum absolute atomic E-state index is 0.00517. The van der Waals surface area contributed by atoms with Crippen LogP contribution in [0.2, 0.25) is 0 Å². The van der Waals surface area contributed by atoms with Gasteiger partial charge in [-0.15, -0.1) is 0 Å². The first-order valence-corrected chi connectivity index (χ1v) is 9.29. The second-order valence-electron chi connectivity index (χ2n) is 5.68. The molecule has 3 rings (SSSR count). The zero-order valence-electron chi connectivity index (χ0n) is 14.3. The zero-order chi connectivity index (χ0) is 19.6. The molecule has 0 aliphatic carbocycles. The molecule has 0 aliphatic heterocycles. The second kappa shape index (κ2) is 7.03. The summed E-state index contributed by atoms with van der Waals surface area (Å²) in [7, 11) is -3.78. The number of nitrogens with zero attached hydrogens (tertiary/aromatic N) is 3. The van der Waals surface area contributed by atoms with Gasteiger partial charge in [-0.1, -0.05) is 24.0 Å². The minimum Gasteiger partial charge on any atom is -0.384 e. The van der Waals surface area contributed by atoms with Crippen molar-refractivity contribution in [2.75, 3.05) is 11.5 Å². The first kappa shape index (κ1) is 18.3. The molecular weight excluding hydrogens is 364 g/mol. The lowest BCUT2D eigenvalue weighted by atomic mass is 10.0. The normalized spacial score (nSPS) is 10.9. The largest absolute Gasteiger partial charge is 0.384 e. The summed E-state index contributed by atoms with van der Waals surface area (Å²) in [6.07, 6.45) is 1.57. The number of sulfonamides is 1. The van der Waals surface area contributed by atoms with Crippen LogP contribution in [0.5, 0.6) is 0 Å². The molecule has 3 aromatic rings. The first-order valence-electron chi connectivity index (χ1n) is 7.75. The molecule has 0 unspecified atom stereocenters. The van der Waals surface area contributed by atoms with Gasteiger partial charge in [-0.3, -0.25) is 0 Å². The maximum atomic E-state index is 11.4. The highest BCUT2D eigenvalue weighted by Gasteiger charge is 2.13. The number of hydrogen-bond donors (Lipinski definition) is 3. The molecule has 6 N–H and O–H groups in total. The van der Waals surface area contributed by atoms with E-state index in [2.05, 4.69) is 26.8 Å². The van der Waals surface area contributed by atoms with Crippen LogP contribution in [0.1, 0.15) is 16.8 Å². The van der Waals surface area contributed by atoms with Crippen molar-refractivity contribution in [3.8, 4) is 23.1 Å². The van der Waals surface area contributed by atoms with Crippen LogP contribution in [-0.4, -0.2) is 23.4 Å². The van der Waals surface area contributed by atoms with Gasteiger partial charge in [0.2, 0.25) is 16.0 Å². The molecule has 0 bridgehead atoms. The summed E-state index contributed by atoms with van der Waals surface area (Å²) in [5, 5.41) is 5.14. The summed E-state index contributed by atoms with van der Waals surface area (Å²) >= 11 is 0. The number of benzene rings is 1.